The highest BCUT2D eigenvalue weighted by Crippen LogP contribution is 2.30. The molecule has 4 aromatic rings. The van der Waals surface area contributed by atoms with Gasteiger partial charge in [0.2, 0.25) is 11.8 Å². The van der Waals surface area contributed by atoms with Gasteiger partial charge in [-0.25, -0.2) is 9.97 Å². The molecule has 5 rings (SSSR count). The lowest BCUT2D eigenvalue weighted by molar-refractivity contribution is -0.124. The molecule has 2 heterocycles. The van der Waals surface area contributed by atoms with Crippen LogP contribution in [-0.4, -0.2) is 41.2 Å². The highest BCUT2D eigenvalue weighted by atomic mass is 16.3. The van der Waals surface area contributed by atoms with Gasteiger partial charge in [-0.1, -0.05) is 36.4 Å². The number of pyridine rings is 1. The van der Waals surface area contributed by atoms with Gasteiger partial charge in [0.25, 0.3) is 0 Å². The first-order valence-electron chi connectivity index (χ1n) is 13.4. The molecule has 0 radical (unpaired) electrons. The molecule has 7 heteroatoms. The SMILES string of the molecule is CN(C)c1ccc(-c2ccc(CN(C(=O)C3CCC(O)CC3)c3cccc(C=Cc4ncco4)c3)cc2)cn1. The summed E-state index contributed by atoms with van der Waals surface area (Å²) in [5.41, 5.74) is 4.96. The van der Waals surface area contributed by atoms with E-state index in [0.29, 0.717) is 38.1 Å². The van der Waals surface area contributed by atoms with Crippen molar-refractivity contribution < 1.29 is 14.3 Å². The fraction of sp³-hybridized carbons (Fsp3) is 0.281. The van der Waals surface area contributed by atoms with Gasteiger partial charge in [-0.2, -0.15) is 0 Å². The Kier molecular flexibility index (Phi) is 8.18. The summed E-state index contributed by atoms with van der Waals surface area (Å²) >= 11 is 0. The molecule has 0 unspecified atom stereocenters. The third kappa shape index (κ3) is 6.62. The molecule has 0 aliphatic heterocycles. The second-order valence-electron chi connectivity index (χ2n) is 10.2. The highest BCUT2D eigenvalue weighted by molar-refractivity contribution is 5.95. The summed E-state index contributed by atoms with van der Waals surface area (Å²) < 4.78 is 5.31. The van der Waals surface area contributed by atoms with Crippen molar-refractivity contribution in [1.29, 1.82) is 0 Å². The highest BCUT2D eigenvalue weighted by Gasteiger charge is 2.29. The van der Waals surface area contributed by atoms with Crippen LogP contribution in [0.4, 0.5) is 11.5 Å². The Balaban J connectivity index is 1.39. The maximum Gasteiger partial charge on any atom is 0.230 e. The molecule has 7 nitrogen and oxygen atoms in total. The number of amides is 1. The fourth-order valence-electron chi connectivity index (χ4n) is 4.93. The minimum absolute atomic E-state index is 0.0968. The van der Waals surface area contributed by atoms with Crippen molar-refractivity contribution in [3.63, 3.8) is 0 Å². The van der Waals surface area contributed by atoms with Crippen LogP contribution in [0, 0.1) is 5.92 Å². The molecule has 2 aromatic heterocycles. The van der Waals surface area contributed by atoms with Crippen LogP contribution >= 0.6 is 0 Å². The molecule has 1 aliphatic carbocycles. The van der Waals surface area contributed by atoms with Gasteiger partial charge in [-0.15, -0.1) is 0 Å². The van der Waals surface area contributed by atoms with Crippen LogP contribution in [0.2, 0.25) is 0 Å². The molecule has 39 heavy (non-hydrogen) atoms. The minimum atomic E-state index is -0.306. The zero-order valence-corrected chi connectivity index (χ0v) is 22.4. The number of carbonyl (C=O) groups is 1. The van der Waals surface area contributed by atoms with E-state index in [1.807, 2.05) is 72.6 Å². The molecule has 0 atom stereocenters. The second-order valence-corrected chi connectivity index (χ2v) is 10.2. The first-order valence-corrected chi connectivity index (χ1v) is 13.4. The molecule has 2 aromatic carbocycles. The summed E-state index contributed by atoms with van der Waals surface area (Å²) in [5.74, 6) is 1.45. The maximum absolute atomic E-state index is 13.8. The van der Waals surface area contributed by atoms with E-state index >= 15 is 0 Å². The lowest BCUT2D eigenvalue weighted by atomic mass is 9.86. The standard InChI is InChI=1S/C32H34N4O3/c1-35(2)30-16-13-27(21-34-30)25-9-6-24(7-10-25)22-36(32(38)26-11-14-29(37)15-12-26)28-5-3-4-23(20-28)8-17-31-33-18-19-39-31/h3-10,13,16-21,26,29,37H,11-12,14-15,22H2,1-2H3. The molecule has 1 fully saturated rings. The molecule has 1 aliphatic rings. The van der Waals surface area contributed by atoms with Crippen molar-refractivity contribution in [3.05, 3.63) is 96.3 Å². The van der Waals surface area contributed by atoms with Crippen LogP contribution in [0.25, 0.3) is 23.3 Å². The summed E-state index contributed by atoms with van der Waals surface area (Å²) in [6, 6.07) is 20.3. The summed E-state index contributed by atoms with van der Waals surface area (Å²) in [5, 5.41) is 9.98. The molecule has 0 saturated heterocycles. The zero-order valence-electron chi connectivity index (χ0n) is 22.4. The Morgan fingerprint density at radius 2 is 1.74 bits per heavy atom. The first-order chi connectivity index (χ1) is 19.0. The number of anilines is 2. The van der Waals surface area contributed by atoms with Crippen molar-refractivity contribution >= 4 is 29.6 Å². The van der Waals surface area contributed by atoms with Crippen LogP contribution in [0.15, 0.2) is 83.7 Å². The van der Waals surface area contributed by atoms with E-state index in [1.54, 1.807) is 6.20 Å². The lowest BCUT2D eigenvalue weighted by Crippen LogP contribution is -2.38. The normalized spacial score (nSPS) is 17.3. The average Bonchev–Trinajstić information content (AvgIpc) is 3.49. The minimum Gasteiger partial charge on any atom is -0.445 e. The number of aromatic nitrogens is 2. The molecule has 0 bridgehead atoms. The van der Waals surface area contributed by atoms with Crippen LogP contribution < -0.4 is 9.80 Å². The number of nitrogens with zero attached hydrogens (tertiary/aromatic N) is 4. The molecule has 1 N–H and O–H groups in total. The number of hydrogen-bond donors (Lipinski definition) is 1. The largest absolute Gasteiger partial charge is 0.445 e. The van der Waals surface area contributed by atoms with Gasteiger partial charge in [0.15, 0.2) is 0 Å². The summed E-state index contributed by atoms with van der Waals surface area (Å²) in [7, 11) is 3.95. The smallest absolute Gasteiger partial charge is 0.230 e. The zero-order chi connectivity index (χ0) is 27.2. The van der Waals surface area contributed by atoms with E-state index < -0.39 is 0 Å². The number of carbonyl (C=O) groups excluding carboxylic acids is 1. The van der Waals surface area contributed by atoms with Crippen molar-refractivity contribution in [2.75, 3.05) is 23.9 Å². The van der Waals surface area contributed by atoms with Gasteiger partial charge in [0, 0.05) is 43.5 Å². The van der Waals surface area contributed by atoms with Crippen molar-refractivity contribution in [2.45, 2.75) is 38.3 Å². The van der Waals surface area contributed by atoms with E-state index in [9.17, 15) is 9.90 Å². The number of oxazole rings is 1. The third-order valence-corrected chi connectivity index (χ3v) is 7.20. The average molecular weight is 523 g/mol. The molecule has 1 amide bonds. The second kappa shape index (κ2) is 12.1. The quantitative estimate of drug-likeness (QED) is 0.303. The van der Waals surface area contributed by atoms with E-state index in [2.05, 4.69) is 40.3 Å². The lowest BCUT2D eigenvalue weighted by Gasteiger charge is -2.31. The predicted molar refractivity (Wildman–Crippen MR) is 155 cm³/mol. The monoisotopic (exact) mass is 522 g/mol. The Morgan fingerprint density at radius 1 is 0.974 bits per heavy atom. The molecule has 0 spiro atoms. The van der Waals surface area contributed by atoms with E-state index in [1.165, 1.54) is 6.26 Å². The summed E-state index contributed by atoms with van der Waals surface area (Å²) in [6.45, 7) is 0.461. The molecular weight excluding hydrogens is 488 g/mol. The van der Waals surface area contributed by atoms with Gasteiger partial charge < -0.3 is 19.3 Å². The van der Waals surface area contributed by atoms with E-state index in [-0.39, 0.29) is 17.9 Å². The molecule has 200 valence electrons. The Hall–Kier alpha value is -4.23. The Bertz CT molecular complexity index is 1390. The van der Waals surface area contributed by atoms with E-state index in [0.717, 1.165) is 33.8 Å². The van der Waals surface area contributed by atoms with Crippen LogP contribution in [0.1, 0.15) is 42.7 Å². The van der Waals surface area contributed by atoms with Crippen LogP contribution in [0.5, 0.6) is 0 Å². The number of aliphatic hydroxyl groups is 1. The van der Waals surface area contributed by atoms with Crippen LogP contribution in [-0.2, 0) is 11.3 Å². The van der Waals surface area contributed by atoms with Gasteiger partial charge in [-0.3, -0.25) is 4.79 Å². The molecular formula is C32H34N4O3. The number of benzene rings is 2. The number of aliphatic hydroxyl groups excluding tert-OH is 1. The van der Waals surface area contributed by atoms with Crippen molar-refractivity contribution in [2.24, 2.45) is 5.92 Å². The summed E-state index contributed by atoms with van der Waals surface area (Å²) in [4.78, 5) is 26.3. The predicted octanol–water partition coefficient (Wildman–Crippen LogP) is 6.06. The number of hydrogen-bond acceptors (Lipinski definition) is 6. The van der Waals surface area contributed by atoms with Crippen molar-refractivity contribution in [3.8, 4) is 11.1 Å². The molecule has 1 saturated carbocycles. The summed E-state index contributed by atoms with van der Waals surface area (Å²) in [6.07, 6.45) is 11.2. The number of rotatable bonds is 8. The Morgan fingerprint density at radius 3 is 2.41 bits per heavy atom. The first kappa shape index (κ1) is 26.4. The Labute approximate surface area is 229 Å². The van der Waals surface area contributed by atoms with Gasteiger partial charge in [0.1, 0.15) is 12.1 Å². The van der Waals surface area contributed by atoms with Gasteiger partial charge in [-0.05, 0) is 72.7 Å². The fourth-order valence-corrected chi connectivity index (χ4v) is 4.93. The van der Waals surface area contributed by atoms with E-state index in [4.69, 9.17) is 4.42 Å². The topological polar surface area (TPSA) is 82.7 Å². The van der Waals surface area contributed by atoms with Crippen molar-refractivity contribution in [1.82, 2.24) is 9.97 Å². The van der Waals surface area contributed by atoms with Gasteiger partial charge >= 0.3 is 0 Å². The third-order valence-electron chi connectivity index (χ3n) is 7.20. The van der Waals surface area contributed by atoms with Gasteiger partial charge in [0.05, 0.1) is 18.8 Å². The maximum atomic E-state index is 13.8. The van der Waals surface area contributed by atoms with Crippen LogP contribution in [0.3, 0.4) is 0 Å².